The fourth-order valence-electron chi connectivity index (χ4n) is 2.76. The first kappa shape index (κ1) is 24.3. The molecule has 2 aromatic rings. The van der Waals surface area contributed by atoms with Gasteiger partial charge in [0.1, 0.15) is 11.8 Å². The summed E-state index contributed by atoms with van der Waals surface area (Å²) in [6.07, 6.45) is 1.82. The van der Waals surface area contributed by atoms with E-state index in [-0.39, 0.29) is 25.0 Å². The van der Waals surface area contributed by atoms with Crippen LogP contribution in [0.15, 0.2) is 42.5 Å². The topological polar surface area (TPSA) is 58.6 Å². The normalized spacial score (nSPS) is 11.6. The number of carbonyl (C=O) groups excluding carboxylic acids is 2. The van der Waals surface area contributed by atoms with E-state index in [1.165, 1.54) is 4.90 Å². The number of amides is 2. The van der Waals surface area contributed by atoms with Crippen LogP contribution in [0.4, 0.5) is 0 Å². The van der Waals surface area contributed by atoms with Crippen LogP contribution < -0.4 is 10.1 Å². The number of para-hydroxylation sites is 1. The number of nitrogens with zero attached hydrogens (tertiary/aromatic N) is 1. The molecule has 0 radical (unpaired) electrons. The van der Waals surface area contributed by atoms with E-state index in [9.17, 15) is 9.59 Å². The highest BCUT2D eigenvalue weighted by Crippen LogP contribution is 2.27. The van der Waals surface area contributed by atoms with E-state index in [4.69, 9.17) is 39.5 Å². The monoisotopic (exact) mass is 470 g/mol. The van der Waals surface area contributed by atoms with Gasteiger partial charge in [-0.2, -0.15) is 0 Å². The lowest BCUT2D eigenvalue weighted by Gasteiger charge is -2.29. The number of nitrogens with one attached hydrogen (secondary N) is 1. The van der Waals surface area contributed by atoms with E-state index in [0.717, 1.165) is 12.8 Å². The second-order valence-corrected chi connectivity index (χ2v) is 7.98. The van der Waals surface area contributed by atoms with E-state index in [0.29, 0.717) is 32.9 Å². The molecule has 2 amide bonds. The van der Waals surface area contributed by atoms with E-state index in [1.54, 1.807) is 49.4 Å². The van der Waals surface area contributed by atoms with Gasteiger partial charge in [-0.1, -0.05) is 66.3 Å². The van der Waals surface area contributed by atoms with Gasteiger partial charge in [0.25, 0.3) is 5.91 Å². The van der Waals surface area contributed by atoms with Gasteiger partial charge in [-0.3, -0.25) is 9.59 Å². The minimum atomic E-state index is -0.739. The maximum Gasteiger partial charge on any atom is 0.261 e. The second-order valence-electron chi connectivity index (χ2n) is 6.76. The second kappa shape index (κ2) is 12.0. The number of hydrogen-bond acceptors (Lipinski definition) is 3. The van der Waals surface area contributed by atoms with Gasteiger partial charge in [-0.25, -0.2) is 0 Å². The van der Waals surface area contributed by atoms with Crippen molar-refractivity contribution in [1.29, 1.82) is 0 Å². The fourth-order valence-corrected chi connectivity index (χ4v) is 3.46. The van der Waals surface area contributed by atoms with Crippen molar-refractivity contribution in [2.45, 2.75) is 39.3 Å². The fraction of sp³-hybridized carbons (Fsp3) is 0.364. The zero-order chi connectivity index (χ0) is 22.1. The lowest BCUT2D eigenvalue weighted by atomic mass is 10.1. The minimum Gasteiger partial charge on any atom is -0.482 e. The summed E-state index contributed by atoms with van der Waals surface area (Å²) in [5.74, 6) is -0.245. The highest BCUT2D eigenvalue weighted by molar-refractivity contribution is 6.36. The molecule has 2 rings (SSSR count). The molecule has 162 valence electrons. The third-order valence-corrected chi connectivity index (χ3v) is 5.60. The summed E-state index contributed by atoms with van der Waals surface area (Å²) in [7, 11) is 0. The van der Waals surface area contributed by atoms with Gasteiger partial charge in [0, 0.05) is 28.7 Å². The largest absolute Gasteiger partial charge is 0.482 e. The van der Waals surface area contributed by atoms with Crippen molar-refractivity contribution in [2.24, 2.45) is 0 Å². The number of ether oxygens (including phenoxy) is 1. The molecule has 0 unspecified atom stereocenters. The Morgan fingerprint density at radius 2 is 1.67 bits per heavy atom. The van der Waals surface area contributed by atoms with E-state index in [1.807, 2.05) is 6.92 Å². The third-order valence-electron chi connectivity index (χ3n) is 4.57. The highest BCUT2D eigenvalue weighted by Gasteiger charge is 2.27. The maximum atomic E-state index is 13.0. The summed E-state index contributed by atoms with van der Waals surface area (Å²) in [6.45, 7) is 4.05. The van der Waals surface area contributed by atoms with Crippen LogP contribution in [0.5, 0.6) is 5.75 Å². The van der Waals surface area contributed by atoms with Crippen molar-refractivity contribution in [3.8, 4) is 5.75 Å². The maximum absolute atomic E-state index is 13.0. The van der Waals surface area contributed by atoms with Crippen LogP contribution in [0.25, 0.3) is 0 Å². The molecule has 0 aliphatic carbocycles. The first-order valence-corrected chi connectivity index (χ1v) is 10.9. The quantitative estimate of drug-likeness (QED) is 0.475. The van der Waals surface area contributed by atoms with Crippen molar-refractivity contribution in [1.82, 2.24) is 10.2 Å². The lowest BCUT2D eigenvalue weighted by molar-refractivity contribution is -0.142. The molecule has 0 aliphatic rings. The van der Waals surface area contributed by atoms with Gasteiger partial charge in [0.15, 0.2) is 6.61 Å². The predicted octanol–water partition coefficient (Wildman–Crippen LogP) is 5.36. The van der Waals surface area contributed by atoms with Crippen LogP contribution >= 0.6 is 34.8 Å². The van der Waals surface area contributed by atoms with Crippen LogP contribution in [-0.4, -0.2) is 35.9 Å². The molecule has 0 saturated carbocycles. The Balaban J connectivity index is 2.19. The Labute approximate surface area is 192 Å². The summed E-state index contributed by atoms with van der Waals surface area (Å²) in [6, 6.07) is 11.2. The summed E-state index contributed by atoms with van der Waals surface area (Å²) in [4.78, 5) is 27.0. The Hall–Kier alpha value is -1.95. The number of unbranched alkanes of at least 4 members (excludes halogenated alkanes) is 1. The molecule has 1 atom stereocenters. The molecule has 0 heterocycles. The zero-order valence-electron chi connectivity index (χ0n) is 17.0. The first-order chi connectivity index (χ1) is 14.3. The average molecular weight is 472 g/mol. The van der Waals surface area contributed by atoms with Gasteiger partial charge < -0.3 is 15.0 Å². The SMILES string of the molecule is CCCCNC(=O)[C@@H](C)N(Cc1c(Cl)cccc1Cl)C(=O)COc1ccccc1Cl. The van der Waals surface area contributed by atoms with Crippen molar-refractivity contribution in [3.63, 3.8) is 0 Å². The Morgan fingerprint density at radius 3 is 2.30 bits per heavy atom. The molecule has 0 saturated heterocycles. The summed E-state index contributed by atoms with van der Waals surface area (Å²) >= 11 is 18.7. The number of hydrogen-bond donors (Lipinski definition) is 1. The van der Waals surface area contributed by atoms with Crippen LogP contribution in [0.1, 0.15) is 32.3 Å². The molecular formula is C22H25Cl3N2O3. The Bertz CT molecular complexity index is 856. The van der Waals surface area contributed by atoms with Crippen LogP contribution in [0.3, 0.4) is 0 Å². The number of carbonyl (C=O) groups is 2. The smallest absolute Gasteiger partial charge is 0.261 e. The standard InChI is InChI=1S/C22H25Cl3N2O3/c1-3-4-12-26-22(29)15(2)27(13-16-17(23)9-7-10-18(16)24)21(28)14-30-20-11-6-5-8-19(20)25/h5-11,15H,3-4,12-14H2,1-2H3,(H,26,29)/t15-/m1/s1. The molecule has 1 N–H and O–H groups in total. The number of rotatable bonds is 10. The van der Waals surface area contributed by atoms with Crippen molar-refractivity contribution >= 4 is 46.6 Å². The summed E-state index contributed by atoms with van der Waals surface area (Å²) in [5, 5.41) is 4.10. The van der Waals surface area contributed by atoms with Gasteiger partial charge in [0.05, 0.1) is 5.02 Å². The van der Waals surface area contributed by atoms with Gasteiger partial charge >= 0.3 is 0 Å². The van der Waals surface area contributed by atoms with Crippen LogP contribution in [-0.2, 0) is 16.1 Å². The number of halogens is 3. The van der Waals surface area contributed by atoms with Crippen molar-refractivity contribution < 1.29 is 14.3 Å². The van der Waals surface area contributed by atoms with Gasteiger partial charge in [0.2, 0.25) is 5.91 Å². The highest BCUT2D eigenvalue weighted by atomic mass is 35.5. The molecular weight excluding hydrogens is 447 g/mol. The van der Waals surface area contributed by atoms with E-state index >= 15 is 0 Å². The van der Waals surface area contributed by atoms with Crippen LogP contribution in [0, 0.1) is 0 Å². The molecule has 0 bridgehead atoms. The Kier molecular flexibility index (Phi) is 9.76. The first-order valence-electron chi connectivity index (χ1n) is 9.72. The molecule has 5 nitrogen and oxygen atoms in total. The van der Waals surface area contributed by atoms with Crippen molar-refractivity contribution in [3.05, 3.63) is 63.1 Å². The molecule has 0 fully saturated rings. The van der Waals surface area contributed by atoms with Gasteiger partial charge in [-0.15, -0.1) is 0 Å². The van der Waals surface area contributed by atoms with Crippen LogP contribution in [0.2, 0.25) is 15.1 Å². The summed E-state index contributed by atoms with van der Waals surface area (Å²) < 4.78 is 5.59. The molecule has 0 spiro atoms. The third kappa shape index (κ3) is 6.79. The molecule has 2 aromatic carbocycles. The van der Waals surface area contributed by atoms with E-state index < -0.39 is 6.04 Å². The van der Waals surface area contributed by atoms with Crippen molar-refractivity contribution in [2.75, 3.05) is 13.2 Å². The molecule has 0 aromatic heterocycles. The Morgan fingerprint density at radius 1 is 1.03 bits per heavy atom. The van der Waals surface area contributed by atoms with E-state index in [2.05, 4.69) is 5.32 Å². The summed E-state index contributed by atoms with van der Waals surface area (Å²) in [5.41, 5.74) is 0.570. The number of benzene rings is 2. The average Bonchev–Trinajstić information content (AvgIpc) is 2.72. The van der Waals surface area contributed by atoms with Gasteiger partial charge in [-0.05, 0) is 37.6 Å². The lowest BCUT2D eigenvalue weighted by Crippen LogP contribution is -2.49. The molecule has 30 heavy (non-hydrogen) atoms. The molecule has 0 aliphatic heterocycles. The molecule has 8 heteroatoms. The predicted molar refractivity (Wildman–Crippen MR) is 121 cm³/mol. The minimum absolute atomic E-state index is 0.0750. The zero-order valence-corrected chi connectivity index (χ0v) is 19.2.